The first-order chi connectivity index (χ1) is 9.29. The van der Waals surface area contributed by atoms with Crippen molar-refractivity contribution in [3.8, 4) is 0 Å². The highest BCUT2D eigenvalue weighted by molar-refractivity contribution is 9.10. The normalized spacial score (nSPS) is 19.9. The number of benzene rings is 1. The molecule has 1 aliphatic heterocycles. The second-order valence-corrected chi connectivity index (χ2v) is 7.86. The molecule has 2 rings (SSSR count). The van der Waals surface area contributed by atoms with Gasteiger partial charge in [0.05, 0.1) is 4.90 Å². The highest BCUT2D eigenvalue weighted by Crippen LogP contribution is 2.24. The van der Waals surface area contributed by atoms with Crippen molar-refractivity contribution in [1.29, 1.82) is 0 Å². The molecule has 0 aromatic heterocycles. The van der Waals surface area contributed by atoms with E-state index in [0.29, 0.717) is 23.1 Å². The molecule has 1 fully saturated rings. The Kier molecular flexibility index (Phi) is 4.51. The third-order valence-electron chi connectivity index (χ3n) is 3.23. The number of nitrogens with zero attached hydrogens (tertiary/aromatic N) is 1. The lowest BCUT2D eigenvalue weighted by Gasteiger charge is -2.32. The molecule has 1 heterocycles. The molecule has 0 aliphatic carbocycles. The summed E-state index contributed by atoms with van der Waals surface area (Å²) in [5.41, 5.74) is 0.498. The number of nitrogens with one attached hydrogen (secondary N) is 1. The third kappa shape index (κ3) is 3.39. The van der Waals surface area contributed by atoms with Gasteiger partial charge in [0.15, 0.2) is 9.84 Å². The lowest BCUT2D eigenvalue weighted by molar-refractivity contribution is 0.0709. The first kappa shape index (κ1) is 15.5. The maximum Gasteiger partial charge on any atom is 0.253 e. The predicted molar refractivity (Wildman–Crippen MR) is 80.6 cm³/mol. The Morgan fingerprint density at radius 1 is 1.45 bits per heavy atom. The molecule has 1 saturated heterocycles. The fourth-order valence-corrected chi connectivity index (χ4v) is 4.22. The van der Waals surface area contributed by atoms with Gasteiger partial charge in [0, 0.05) is 42.0 Å². The minimum Gasteiger partial charge on any atom is -0.336 e. The molecule has 7 heteroatoms. The standard InChI is InChI=1S/C13H17BrN2O3S/c1-9-8-16(6-5-15-9)13(17)10-3-4-12(11(14)7-10)20(2,18)19/h3-4,7,9,15H,5-6,8H2,1-2H3. The molecular weight excluding hydrogens is 344 g/mol. The molecule has 1 N–H and O–H groups in total. The van der Waals surface area contributed by atoms with Crippen LogP contribution in [0.15, 0.2) is 27.6 Å². The van der Waals surface area contributed by atoms with Crippen LogP contribution in [0.2, 0.25) is 0 Å². The largest absolute Gasteiger partial charge is 0.336 e. The number of hydrogen-bond donors (Lipinski definition) is 1. The molecule has 0 bridgehead atoms. The molecule has 1 aromatic carbocycles. The Hall–Kier alpha value is -0.920. The van der Waals surface area contributed by atoms with E-state index in [4.69, 9.17) is 0 Å². The van der Waals surface area contributed by atoms with Gasteiger partial charge in [-0.25, -0.2) is 8.42 Å². The van der Waals surface area contributed by atoms with Crippen LogP contribution in [0.25, 0.3) is 0 Å². The Morgan fingerprint density at radius 3 is 2.70 bits per heavy atom. The number of piperazine rings is 1. The Balaban J connectivity index is 2.25. The van der Waals surface area contributed by atoms with Crippen molar-refractivity contribution in [3.63, 3.8) is 0 Å². The van der Waals surface area contributed by atoms with Gasteiger partial charge in [-0.15, -0.1) is 0 Å². The SMILES string of the molecule is CC1CN(C(=O)c2ccc(S(C)(=O)=O)c(Br)c2)CCN1. The lowest BCUT2D eigenvalue weighted by Crippen LogP contribution is -2.51. The van der Waals surface area contributed by atoms with Crippen LogP contribution in [0.3, 0.4) is 0 Å². The lowest BCUT2D eigenvalue weighted by atomic mass is 10.1. The zero-order valence-electron chi connectivity index (χ0n) is 11.4. The summed E-state index contributed by atoms with van der Waals surface area (Å²) >= 11 is 3.22. The number of sulfone groups is 1. The van der Waals surface area contributed by atoms with Gasteiger partial charge in [-0.1, -0.05) is 0 Å². The topological polar surface area (TPSA) is 66.5 Å². The fraction of sp³-hybridized carbons (Fsp3) is 0.462. The number of amides is 1. The Bertz CT molecular complexity index is 631. The van der Waals surface area contributed by atoms with Crippen molar-refractivity contribution in [2.24, 2.45) is 0 Å². The van der Waals surface area contributed by atoms with E-state index in [1.807, 2.05) is 6.92 Å². The Morgan fingerprint density at radius 2 is 2.15 bits per heavy atom. The number of carbonyl (C=O) groups excluding carboxylic acids is 1. The van der Waals surface area contributed by atoms with Crippen molar-refractivity contribution < 1.29 is 13.2 Å². The van der Waals surface area contributed by atoms with E-state index in [1.165, 1.54) is 6.07 Å². The van der Waals surface area contributed by atoms with Crippen molar-refractivity contribution in [2.75, 3.05) is 25.9 Å². The number of halogens is 1. The summed E-state index contributed by atoms with van der Waals surface area (Å²) in [7, 11) is -3.29. The van der Waals surface area contributed by atoms with Gasteiger partial charge in [0.1, 0.15) is 0 Å². The molecule has 0 radical (unpaired) electrons. The summed E-state index contributed by atoms with van der Waals surface area (Å²) in [5.74, 6) is -0.0703. The monoisotopic (exact) mass is 360 g/mol. The zero-order chi connectivity index (χ0) is 14.9. The van der Waals surface area contributed by atoms with Crippen molar-refractivity contribution >= 4 is 31.7 Å². The number of hydrogen-bond acceptors (Lipinski definition) is 4. The molecule has 110 valence electrons. The van der Waals surface area contributed by atoms with Gasteiger partial charge >= 0.3 is 0 Å². The van der Waals surface area contributed by atoms with Crippen LogP contribution in [0.1, 0.15) is 17.3 Å². The first-order valence-corrected chi connectivity index (χ1v) is 9.00. The quantitative estimate of drug-likeness (QED) is 0.862. The van der Waals surface area contributed by atoms with E-state index in [0.717, 1.165) is 12.8 Å². The van der Waals surface area contributed by atoms with Gasteiger partial charge in [-0.3, -0.25) is 4.79 Å². The van der Waals surface area contributed by atoms with Gasteiger partial charge in [-0.2, -0.15) is 0 Å². The van der Waals surface area contributed by atoms with Crippen LogP contribution in [0.5, 0.6) is 0 Å². The molecular formula is C13H17BrN2O3S. The second kappa shape index (κ2) is 5.83. The van der Waals surface area contributed by atoms with E-state index in [2.05, 4.69) is 21.2 Å². The zero-order valence-corrected chi connectivity index (χ0v) is 13.8. The van der Waals surface area contributed by atoms with Crippen LogP contribution in [-0.2, 0) is 9.84 Å². The van der Waals surface area contributed by atoms with Gasteiger partial charge in [-0.05, 0) is 41.1 Å². The average Bonchev–Trinajstić information content (AvgIpc) is 2.36. The molecule has 0 saturated carbocycles. The number of carbonyl (C=O) groups is 1. The summed E-state index contributed by atoms with van der Waals surface area (Å²) < 4.78 is 23.5. The van der Waals surface area contributed by atoms with E-state index >= 15 is 0 Å². The van der Waals surface area contributed by atoms with Crippen molar-refractivity contribution in [3.05, 3.63) is 28.2 Å². The van der Waals surface area contributed by atoms with Crippen LogP contribution < -0.4 is 5.32 Å². The number of rotatable bonds is 2. The molecule has 1 amide bonds. The first-order valence-electron chi connectivity index (χ1n) is 6.31. The van der Waals surface area contributed by atoms with Gasteiger partial charge in [0.25, 0.3) is 5.91 Å². The highest BCUT2D eigenvalue weighted by Gasteiger charge is 2.22. The van der Waals surface area contributed by atoms with E-state index in [1.54, 1.807) is 17.0 Å². The average molecular weight is 361 g/mol. The molecule has 1 atom stereocenters. The van der Waals surface area contributed by atoms with Gasteiger partial charge in [0.2, 0.25) is 0 Å². The van der Waals surface area contributed by atoms with Gasteiger partial charge < -0.3 is 10.2 Å². The highest BCUT2D eigenvalue weighted by atomic mass is 79.9. The summed E-state index contributed by atoms with van der Waals surface area (Å²) in [4.78, 5) is 14.4. The maximum atomic E-state index is 12.4. The van der Waals surface area contributed by atoms with E-state index in [9.17, 15) is 13.2 Å². The Labute approximate surface area is 127 Å². The predicted octanol–water partition coefficient (Wildman–Crippen LogP) is 1.29. The maximum absolute atomic E-state index is 12.4. The minimum absolute atomic E-state index is 0.0703. The summed E-state index contributed by atoms with van der Waals surface area (Å²) in [6.07, 6.45) is 1.15. The summed E-state index contributed by atoms with van der Waals surface area (Å²) in [5, 5.41) is 3.28. The van der Waals surface area contributed by atoms with Crippen molar-refractivity contribution in [1.82, 2.24) is 10.2 Å². The second-order valence-electron chi connectivity index (χ2n) is 5.02. The third-order valence-corrected chi connectivity index (χ3v) is 5.31. The van der Waals surface area contributed by atoms with E-state index in [-0.39, 0.29) is 16.8 Å². The van der Waals surface area contributed by atoms with Crippen LogP contribution in [0.4, 0.5) is 0 Å². The fourth-order valence-electron chi connectivity index (χ4n) is 2.23. The molecule has 20 heavy (non-hydrogen) atoms. The molecule has 5 nitrogen and oxygen atoms in total. The minimum atomic E-state index is -3.29. The summed E-state index contributed by atoms with van der Waals surface area (Å²) in [6.45, 7) is 4.12. The van der Waals surface area contributed by atoms with Crippen LogP contribution >= 0.6 is 15.9 Å². The summed E-state index contributed by atoms with van der Waals surface area (Å²) in [6, 6.07) is 4.88. The van der Waals surface area contributed by atoms with Crippen LogP contribution in [-0.4, -0.2) is 51.2 Å². The molecule has 0 spiro atoms. The smallest absolute Gasteiger partial charge is 0.253 e. The molecule has 1 aromatic rings. The van der Waals surface area contributed by atoms with Crippen LogP contribution in [0, 0.1) is 0 Å². The molecule has 1 unspecified atom stereocenters. The van der Waals surface area contributed by atoms with Crippen molar-refractivity contribution in [2.45, 2.75) is 17.9 Å². The molecule has 1 aliphatic rings. The van der Waals surface area contributed by atoms with E-state index < -0.39 is 9.84 Å².